The van der Waals surface area contributed by atoms with Crippen LogP contribution in [0.2, 0.25) is 0 Å². The van der Waals surface area contributed by atoms with Crippen LogP contribution in [0.3, 0.4) is 0 Å². The van der Waals surface area contributed by atoms with E-state index in [0.717, 1.165) is 41.2 Å². The van der Waals surface area contributed by atoms with Gasteiger partial charge in [0.05, 0.1) is 26.4 Å². The van der Waals surface area contributed by atoms with E-state index >= 15 is 0 Å². The maximum Gasteiger partial charge on any atom is 0.316 e. The Morgan fingerprint density at radius 2 is 0.982 bits per heavy atom. The molecule has 0 N–H and O–H groups in total. The minimum Gasteiger partial charge on any atom is -0.457 e. The highest BCUT2D eigenvalue weighted by atomic mass is 32.2. The quantitative estimate of drug-likeness (QED) is 0.0353. The molecule has 55 heavy (non-hydrogen) atoms. The number of ether oxygens (including phenoxy) is 4. The molecule has 4 aromatic rings. The van der Waals surface area contributed by atoms with E-state index in [9.17, 15) is 0 Å². The fourth-order valence-electron chi connectivity index (χ4n) is 7.04. The predicted octanol–water partition coefficient (Wildman–Crippen LogP) is 12.3. The highest BCUT2D eigenvalue weighted by molar-refractivity contribution is 7.99. The van der Waals surface area contributed by atoms with E-state index < -0.39 is 5.60 Å². The van der Waals surface area contributed by atoms with Gasteiger partial charge >= 0.3 is 6.01 Å². The molecule has 4 rings (SSSR count). The van der Waals surface area contributed by atoms with Crippen LogP contribution in [0, 0.1) is 0 Å². The van der Waals surface area contributed by atoms with Crippen LogP contribution >= 0.6 is 11.8 Å². The van der Waals surface area contributed by atoms with Gasteiger partial charge in [-0.05, 0) is 29.2 Å². The van der Waals surface area contributed by atoms with Crippen molar-refractivity contribution in [2.24, 2.45) is 0 Å². The zero-order chi connectivity index (χ0) is 38.3. The van der Waals surface area contributed by atoms with Crippen LogP contribution in [-0.2, 0) is 19.8 Å². The Bertz CT molecular complexity index is 1350. The Morgan fingerprint density at radius 3 is 1.47 bits per heavy atom. The van der Waals surface area contributed by atoms with Gasteiger partial charge in [-0.25, -0.2) is 9.97 Å². The summed E-state index contributed by atoms with van der Waals surface area (Å²) in [5.74, 6) is 1.62. The summed E-state index contributed by atoms with van der Waals surface area (Å²) < 4.78 is 25.2. The molecule has 0 aliphatic rings. The highest BCUT2D eigenvalue weighted by Crippen LogP contribution is 2.40. The average molecular weight is 769 g/mol. The maximum atomic E-state index is 6.84. The molecular weight excluding hydrogens is 701 g/mol. The van der Waals surface area contributed by atoms with Crippen LogP contribution in [0.1, 0.15) is 126 Å². The molecule has 1 aromatic heterocycles. The molecule has 0 fully saturated rings. The summed E-state index contributed by atoms with van der Waals surface area (Å²) in [5, 5.41) is 0. The Hall–Kier alpha value is -3.23. The van der Waals surface area contributed by atoms with Crippen LogP contribution < -0.4 is 4.74 Å². The molecule has 1 unspecified atom stereocenters. The van der Waals surface area contributed by atoms with Crippen molar-refractivity contribution in [1.29, 1.82) is 0 Å². The minimum absolute atomic E-state index is 0.125. The third-order valence-electron chi connectivity index (χ3n) is 10.0. The minimum atomic E-state index is -0.738. The lowest BCUT2D eigenvalue weighted by atomic mass is 9.80. The second-order valence-corrected chi connectivity index (χ2v) is 15.6. The molecule has 1 atom stereocenters. The Kier molecular flexibility index (Phi) is 23.5. The fourth-order valence-corrected chi connectivity index (χ4v) is 7.86. The molecule has 0 aliphatic heterocycles. The van der Waals surface area contributed by atoms with E-state index in [4.69, 9.17) is 18.9 Å². The van der Waals surface area contributed by atoms with Gasteiger partial charge in [0.1, 0.15) is 11.7 Å². The molecule has 6 nitrogen and oxygen atoms in total. The first kappa shape index (κ1) is 44.5. The van der Waals surface area contributed by atoms with Gasteiger partial charge < -0.3 is 18.9 Å². The molecule has 1 heterocycles. The summed E-state index contributed by atoms with van der Waals surface area (Å²) in [5.41, 5.74) is 2.54. The molecule has 0 radical (unpaired) electrons. The first-order valence-corrected chi connectivity index (χ1v) is 22.5. The van der Waals surface area contributed by atoms with Gasteiger partial charge in [0.25, 0.3) is 0 Å². The summed E-state index contributed by atoms with van der Waals surface area (Å²) in [4.78, 5) is 8.55. The first-order valence-electron chi connectivity index (χ1n) is 21.3. The third kappa shape index (κ3) is 17.6. The average Bonchev–Trinajstić information content (AvgIpc) is 3.24. The number of rotatable bonds is 33. The van der Waals surface area contributed by atoms with E-state index in [0.29, 0.717) is 32.4 Å². The van der Waals surface area contributed by atoms with Gasteiger partial charge in [-0.15, -0.1) is 0 Å². The molecule has 300 valence electrons. The molecule has 0 saturated heterocycles. The smallest absolute Gasteiger partial charge is 0.316 e. The molecular formula is C48H68N2O4S. The van der Waals surface area contributed by atoms with Crippen molar-refractivity contribution in [2.45, 2.75) is 121 Å². The van der Waals surface area contributed by atoms with Crippen molar-refractivity contribution in [3.63, 3.8) is 0 Å². The first-order chi connectivity index (χ1) is 27.3. The topological polar surface area (TPSA) is 62.7 Å². The summed E-state index contributed by atoms with van der Waals surface area (Å²) in [6.45, 7) is 5.15. The molecule has 0 bridgehead atoms. The van der Waals surface area contributed by atoms with Crippen molar-refractivity contribution >= 4 is 11.8 Å². The van der Waals surface area contributed by atoms with Gasteiger partial charge in [-0.1, -0.05) is 194 Å². The maximum absolute atomic E-state index is 6.84. The van der Waals surface area contributed by atoms with Crippen molar-refractivity contribution in [3.8, 4) is 6.01 Å². The summed E-state index contributed by atoms with van der Waals surface area (Å²) in [7, 11) is 0. The molecule has 0 aliphatic carbocycles. The lowest BCUT2D eigenvalue weighted by Crippen LogP contribution is -2.34. The largest absolute Gasteiger partial charge is 0.457 e. The monoisotopic (exact) mass is 768 g/mol. The van der Waals surface area contributed by atoms with Crippen molar-refractivity contribution in [1.82, 2.24) is 9.97 Å². The van der Waals surface area contributed by atoms with E-state index in [2.05, 4.69) is 89.7 Å². The van der Waals surface area contributed by atoms with Crippen LogP contribution in [0.15, 0.2) is 109 Å². The second kappa shape index (κ2) is 29.1. The van der Waals surface area contributed by atoms with Gasteiger partial charge in [-0.3, -0.25) is 0 Å². The number of benzene rings is 3. The zero-order valence-corrected chi connectivity index (χ0v) is 34.5. The highest BCUT2D eigenvalue weighted by Gasteiger charge is 2.37. The Balaban J connectivity index is 1.09. The predicted molar refractivity (Wildman–Crippen MR) is 230 cm³/mol. The molecule has 0 saturated carbocycles. The fraction of sp³-hybridized carbons (Fsp3) is 0.542. The van der Waals surface area contributed by atoms with Gasteiger partial charge in [0, 0.05) is 30.5 Å². The van der Waals surface area contributed by atoms with Crippen molar-refractivity contribution in [2.75, 3.05) is 44.5 Å². The Morgan fingerprint density at radius 1 is 0.509 bits per heavy atom. The van der Waals surface area contributed by atoms with Crippen LogP contribution in [0.4, 0.5) is 0 Å². The molecule has 7 heteroatoms. The summed E-state index contributed by atoms with van der Waals surface area (Å²) in [6, 6.07) is 33.6. The van der Waals surface area contributed by atoms with Crippen LogP contribution in [0.25, 0.3) is 0 Å². The SMILES string of the molecule is CCCCCCCCCCCCCCCCCCOCC(CSCCOCCOC(c1ccccc1)(c1ccccc1)c1ccccc1)Oc1ncccn1. The normalized spacial score (nSPS) is 12.2. The number of unbranched alkanes of at least 4 members (excludes halogenated alkanes) is 15. The Labute approximate surface area is 337 Å². The van der Waals surface area contributed by atoms with E-state index in [1.807, 2.05) is 18.2 Å². The number of aromatic nitrogens is 2. The van der Waals surface area contributed by atoms with Crippen LogP contribution in [-0.4, -0.2) is 60.6 Å². The van der Waals surface area contributed by atoms with Crippen molar-refractivity contribution < 1.29 is 18.9 Å². The molecule has 0 spiro atoms. The van der Waals surface area contributed by atoms with E-state index in [1.165, 1.54) is 96.3 Å². The molecule has 3 aromatic carbocycles. The summed E-state index contributed by atoms with van der Waals surface area (Å²) >= 11 is 1.80. The molecule has 0 amide bonds. The third-order valence-corrected chi connectivity index (χ3v) is 11.1. The zero-order valence-electron chi connectivity index (χ0n) is 33.7. The van der Waals surface area contributed by atoms with E-state index in [1.54, 1.807) is 30.2 Å². The number of hydrogen-bond acceptors (Lipinski definition) is 7. The second-order valence-electron chi connectivity index (χ2n) is 14.5. The van der Waals surface area contributed by atoms with Crippen molar-refractivity contribution in [3.05, 3.63) is 126 Å². The number of thioether (sulfide) groups is 1. The summed E-state index contributed by atoms with van der Waals surface area (Å²) in [6.07, 6.45) is 25.2. The van der Waals surface area contributed by atoms with Crippen LogP contribution in [0.5, 0.6) is 6.01 Å². The number of nitrogens with zero attached hydrogens (tertiary/aromatic N) is 2. The standard InChI is InChI=1S/C48H68N2O4S/c1-2-3-4-5-6-7-8-9-10-11-12-13-14-15-16-26-36-52-41-46(54-47-49-34-27-35-50-47)42-55-40-39-51-37-38-53-48(43-28-20-17-21-29-43,44-30-22-18-23-31-44)45-32-24-19-25-33-45/h17-25,27-35,46H,2-16,26,36-42H2,1H3. The van der Waals surface area contributed by atoms with Gasteiger partial charge in [-0.2, -0.15) is 11.8 Å². The number of hydrogen-bond donors (Lipinski definition) is 0. The van der Waals surface area contributed by atoms with Gasteiger partial charge in [0.2, 0.25) is 0 Å². The van der Waals surface area contributed by atoms with Gasteiger partial charge in [0.15, 0.2) is 0 Å². The lowest BCUT2D eigenvalue weighted by Gasteiger charge is -2.36. The van der Waals surface area contributed by atoms with E-state index in [-0.39, 0.29) is 6.10 Å². The lowest BCUT2D eigenvalue weighted by molar-refractivity contribution is -0.0214.